The van der Waals surface area contributed by atoms with Crippen LogP contribution < -0.4 is 5.32 Å². The van der Waals surface area contributed by atoms with Gasteiger partial charge in [0.15, 0.2) is 33.1 Å². The van der Waals surface area contributed by atoms with Gasteiger partial charge in [-0.1, -0.05) is 18.5 Å². The van der Waals surface area contributed by atoms with Crippen LogP contribution in [-0.4, -0.2) is 61.4 Å². The van der Waals surface area contributed by atoms with Crippen molar-refractivity contribution in [1.29, 1.82) is 0 Å². The standard InChI is InChI=1S/C29H31ClF3NO8S/c1-14-7-16-9-18(12-19(14)29(16,37)28(26(36)40-4)13-41-27(2,3)42-28)43(38,39)23-8-15(5-6-20(23)30)25(35)34-17-10-21(31)24(33)22(32)11-17/h5-6,8,10-11,14,16,18-19,37H,7,9,12-13H2,1-4H3,(H,34,35)/t14-,16?,18?,19?,28?,29+/m0/s1. The number of aliphatic hydroxyl groups is 1. The fraction of sp³-hybridized carbons (Fsp3) is 0.517. The van der Waals surface area contributed by atoms with Crippen LogP contribution in [0.3, 0.4) is 0 Å². The maximum absolute atomic E-state index is 14.0. The van der Waals surface area contributed by atoms with Crippen molar-refractivity contribution in [2.75, 3.05) is 19.0 Å². The number of sulfone groups is 1. The van der Waals surface area contributed by atoms with Crippen molar-refractivity contribution >= 4 is 39.0 Å². The van der Waals surface area contributed by atoms with E-state index in [2.05, 4.69) is 5.32 Å². The number of carbonyl (C=O) groups is 2. The molecule has 0 radical (unpaired) electrons. The second kappa shape index (κ2) is 10.7. The van der Waals surface area contributed by atoms with E-state index in [0.29, 0.717) is 18.6 Å². The number of benzene rings is 2. The normalized spacial score (nSPS) is 31.6. The zero-order valence-electron chi connectivity index (χ0n) is 23.7. The van der Waals surface area contributed by atoms with Crippen molar-refractivity contribution in [1.82, 2.24) is 0 Å². The van der Waals surface area contributed by atoms with Gasteiger partial charge in [0.2, 0.25) is 5.60 Å². The number of anilines is 1. The molecular weight excluding hydrogens is 615 g/mol. The largest absolute Gasteiger partial charge is 0.467 e. The van der Waals surface area contributed by atoms with E-state index in [-0.39, 0.29) is 46.5 Å². The van der Waals surface area contributed by atoms with Gasteiger partial charge in [-0.05, 0) is 69.1 Å². The predicted octanol–water partition coefficient (Wildman–Crippen LogP) is 4.64. The summed E-state index contributed by atoms with van der Waals surface area (Å²) in [5, 5.41) is 13.3. The number of esters is 1. The second-order valence-electron chi connectivity index (χ2n) is 11.9. The van der Waals surface area contributed by atoms with E-state index in [4.69, 9.17) is 25.8 Å². The van der Waals surface area contributed by atoms with Gasteiger partial charge in [0, 0.05) is 23.4 Å². The van der Waals surface area contributed by atoms with E-state index >= 15 is 0 Å². The Kier molecular flexibility index (Phi) is 7.91. The van der Waals surface area contributed by atoms with Gasteiger partial charge in [-0.15, -0.1) is 0 Å². The third kappa shape index (κ3) is 5.02. The molecule has 5 rings (SSSR count). The Morgan fingerprint density at radius 3 is 2.30 bits per heavy atom. The van der Waals surface area contributed by atoms with E-state index in [1.54, 1.807) is 13.8 Å². The molecule has 3 aliphatic rings. The smallest absolute Gasteiger partial charge is 0.343 e. The summed E-state index contributed by atoms with van der Waals surface area (Å²) in [5.41, 5.74) is -4.21. The molecule has 43 heavy (non-hydrogen) atoms. The summed E-state index contributed by atoms with van der Waals surface area (Å²) in [6.45, 7) is 4.81. The average molecular weight is 646 g/mol. The van der Waals surface area contributed by atoms with Gasteiger partial charge in [0.25, 0.3) is 5.91 Å². The van der Waals surface area contributed by atoms with Gasteiger partial charge >= 0.3 is 5.97 Å². The van der Waals surface area contributed by atoms with Gasteiger partial charge in [0.1, 0.15) is 5.60 Å². The Morgan fingerprint density at radius 2 is 1.74 bits per heavy atom. The Hall–Kier alpha value is -2.71. The summed E-state index contributed by atoms with van der Waals surface area (Å²) < 4.78 is 85.4. The molecule has 0 spiro atoms. The minimum absolute atomic E-state index is 0.0386. The first-order valence-electron chi connectivity index (χ1n) is 13.6. The molecule has 1 saturated heterocycles. The summed E-state index contributed by atoms with van der Waals surface area (Å²) in [6.07, 6.45) is 0.333. The fourth-order valence-corrected chi connectivity index (χ4v) is 9.43. The highest BCUT2D eigenvalue weighted by molar-refractivity contribution is 7.92. The SMILES string of the molecule is COC(=O)C1([C@@]2(O)C3CC(S(=O)(=O)c4cc(C(=O)Nc5cc(F)c(F)c(F)c5)ccc4Cl)CC2[C@@H](C)C3)COC(C)(C)O1. The van der Waals surface area contributed by atoms with Crippen LogP contribution in [0.4, 0.5) is 18.9 Å². The molecule has 9 nitrogen and oxygen atoms in total. The lowest BCUT2D eigenvalue weighted by atomic mass is 9.64. The Bertz CT molecular complexity index is 1580. The average Bonchev–Trinajstić information content (AvgIpc) is 3.31. The van der Waals surface area contributed by atoms with Gasteiger partial charge < -0.3 is 24.6 Å². The Balaban J connectivity index is 1.45. The fourth-order valence-electron chi connectivity index (χ4n) is 7.05. The molecular formula is C29H31ClF3NO8S. The van der Waals surface area contributed by atoms with Crippen LogP contribution in [0.5, 0.6) is 0 Å². The molecule has 14 heteroatoms. The lowest BCUT2D eigenvalue weighted by molar-refractivity contribution is -0.248. The highest BCUT2D eigenvalue weighted by Crippen LogP contribution is 2.61. The molecule has 1 amide bonds. The number of halogens is 4. The van der Waals surface area contributed by atoms with Crippen molar-refractivity contribution in [2.45, 2.75) is 67.2 Å². The molecule has 2 aliphatic carbocycles. The Labute approximate surface area is 251 Å². The maximum Gasteiger partial charge on any atom is 0.343 e. The number of fused-ring (bicyclic) bond motifs is 2. The van der Waals surface area contributed by atoms with E-state index in [1.807, 2.05) is 6.92 Å². The number of hydrogen-bond donors (Lipinski definition) is 2. The van der Waals surface area contributed by atoms with Crippen LogP contribution in [0.15, 0.2) is 35.2 Å². The molecule has 2 saturated carbocycles. The van der Waals surface area contributed by atoms with Crippen LogP contribution in [0.1, 0.15) is 50.4 Å². The second-order valence-corrected chi connectivity index (χ2v) is 14.5. The maximum atomic E-state index is 14.0. The molecule has 0 aromatic heterocycles. The van der Waals surface area contributed by atoms with Crippen LogP contribution in [-0.2, 0) is 28.8 Å². The minimum Gasteiger partial charge on any atom is -0.467 e. The number of amides is 1. The molecule has 234 valence electrons. The number of nitrogens with one attached hydrogen (secondary N) is 1. The van der Waals surface area contributed by atoms with Crippen molar-refractivity contribution in [3.8, 4) is 0 Å². The monoisotopic (exact) mass is 645 g/mol. The molecule has 2 aromatic carbocycles. The van der Waals surface area contributed by atoms with Crippen molar-refractivity contribution in [3.05, 3.63) is 58.4 Å². The highest BCUT2D eigenvalue weighted by Gasteiger charge is 2.74. The number of ether oxygens (including phenoxy) is 3. The van der Waals surface area contributed by atoms with Crippen molar-refractivity contribution < 1.29 is 50.5 Å². The van der Waals surface area contributed by atoms with Crippen LogP contribution >= 0.6 is 11.6 Å². The van der Waals surface area contributed by atoms with Crippen LogP contribution in [0, 0.1) is 35.2 Å². The quantitative estimate of drug-likeness (QED) is 0.344. The molecule has 2 aromatic rings. The molecule has 4 unspecified atom stereocenters. The number of rotatable bonds is 6. The highest BCUT2D eigenvalue weighted by atomic mass is 35.5. The first-order valence-corrected chi connectivity index (χ1v) is 15.5. The molecule has 2 bridgehead atoms. The van der Waals surface area contributed by atoms with Crippen molar-refractivity contribution in [3.63, 3.8) is 0 Å². The van der Waals surface area contributed by atoms with E-state index in [0.717, 1.165) is 6.07 Å². The number of carbonyl (C=O) groups excluding carboxylic acids is 2. The van der Waals surface area contributed by atoms with E-state index < -0.39 is 73.2 Å². The summed E-state index contributed by atoms with van der Waals surface area (Å²) >= 11 is 6.32. The van der Waals surface area contributed by atoms with Crippen LogP contribution in [0.2, 0.25) is 5.02 Å². The first-order chi connectivity index (χ1) is 20.0. The van der Waals surface area contributed by atoms with Gasteiger partial charge in [-0.25, -0.2) is 26.4 Å². The topological polar surface area (TPSA) is 128 Å². The van der Waals surface area contributed by atoms with E-state index in [9.17, 15) is 36.3 Å². The molecule has 1 heterocycles. The first kappa shape index (κ1) is 31.7. The molecule has 1 aliphatic heterocycles. The molecule has 3 fully saturated rings. The summed E-state index contributed by atoms with van der Waals surface area (Å²) in [4.78, 5) is 25.7. The van der Waals surface area contributed by atoms with Gasteiger partial charge in [0.05, 0.1) is 28.9 Å². The zero-order valence-corrected chi connectivity index (χ0v) is 25.3. The molecule has 6 atom stereocenters. The zero-order chi connectivity index (χ0) is 31.7. The third-order valence-electron chi connectivity index (χ3n) is 8.98. The molecule has 2 N–H and O–H groups in total. The number of hydrogen-bond acceptors (Lipinski definition) is 8. The minimum atomic E-state index is -4.21. The lowest BCUT2D eigenvalue weighted by Crippen LogP contribution is -2.69. The number of methoxy groups -OCH3 is 1. The third-order valence-corrected chi connectivity index (χ3v) is 11.6. The van der Waals surface area contributed by atoms with Gasteiger partial charge in [-0.2, -0.15) is 0 Å². The van der Waals surface area contributed by atoms with Crippen molar-refractivity contribution in [2.24, 2.45) is 17.8 Å². The van der Waals surface area contributed by atoms with Gasteiger partial charge in [-0.3, -0.25) is 4.79 Å². The van der Waals surface area contributed by atoms with E-state index in [1.165, 1.54) is 19.2 Å². The predicted molar refractivity (Wildman–Crippen MR) is 148 cm³/mol. The Morgan fingerprint density at radius 1 is 1.09 bits per heavy atom. The summed E-state index contributed by atoms with van der Waals surface area (Å²) in [6, 6.07) is 4.68. The lowest BCUT2D eigenvalue weighted by Gasteiger charge is -2.50. The summed E-state index contributed by atoms with van der Waals surface area (Å²) in [5.74, 6) is -9.22. The van der Waals surface area contributed by atoms with Crippen LogP contribution in [0.25, 0.3) is 0 Å². The summed E-state index contributed by atoms with van der Waals surface area (Å²) in [7, 11) is -3.03.